The molecule has 0 fully saturated rings. The van der Waals surface area contributed by atoms with E-state index in [1.165, 1.54) is 24.3 Å². The second-order valence-corrected chi connectivity index (χ2v) is 8.06. The number of nitrogens with one attached hydrogen (secondary N) is 2. The van der Waals surface area contributed by atoms with Crippen LogP contribution in [-0.4, -0.2) is 40.0 Å². The van der Waals surface area contributed by atoms with Gasteiger partial charge in [-0.05, 0) is 42.8 Å². The van der Waals surface area contributed by atoms with E-state index < -0.39 is 15.9 Å². The highest BCUT2D eigenvalue weighted by Gasteiger charge is 2.19. The Labute approximate surface area is 168 Å². The van der Waals surface area contributed by atoms with Crippen molar-refractivity contribution in [1.82, 2.24) is 4.72 Å². The SMILES string of the molecule is NC(=O)c1ccc(NC(=O)CCCNS(=O)(=O)c2ccc3c(c2)OCCO3)cc1. The van der Waals surface area contributed by atoms with Crippen molar-refractivity contribution in [3.05, 3.63) is 48.0 Å². The molecule has 2 aromatic rings. The fourth-order valence-electron chi connectivity index (χ4n) is 2.67. The molecular formula is C19H21N3O6S. The smallest absolute Gasteiger partial charge is 0.248 e. The maximum Gasteiger partial charge on any atom is 0.248 e. The number of rotatable bonds is 8. The molecule has 10 heteroatoms. The summed E-state index contributed by atoms with van der Waals surface area (Å²) in [4.78, 5) is 23.1. The first-order chi connectivity index (χ1) is 13.8. The molecule has 2 aromatic carbocycles. The van der Waals surface area contributed by atoms with Crippen molar-refractivity contribution < 1.29 is 27.5 Å². The van der Waals surface area contributed by atoms with E-state index in [0.29, 0.717) is 42.4 Å². The fourth-order valence-corrected chi connectivity index (χ4v) is 3.76. The van der Waals surface area contributed by atoms with Gasteiger partial charge in [0.15, 0.2) is 11.5 Å². The molecule has 3 rings (SSSR count). The quantitative estimate of drug-likeness (QED) is 0.551. The van der Waals surface area contributed by atoms with Crippen molar-refractivity contribution in [1.29, 1.82) is 0 Å². The van der Waals surface area contributed by atoms with Gasteiger partial charge in [-0.1, -0.05) is 0 Å². The van der Waals surface area contributed by atoms with E-state index in [-0.39, 0.29) is 23.8 Å². The first kappa shape index (κ1) is 20.6. The van der Waals surface area contributed by atoms with E-state index in [1.54, 1.807) is 18.2 Å². The number of amides is 2. The Balaban J connectivity index is 1.46. The Morgan fingerprint density at radius 2 is 1.69 bits per heavy atom. The summed E-state index contributed by atoms with van der Waals surface area (Å²) in [5, 5.41) is 2.67. The zero-order valence-corrected chi connectivity index (χ0v) is 16.3. The summed E-state index contributed by atoms with van der Waals surface area (Å²) in [7, 11) is -3.72. The zero-order valence-electron chi connectivity index (χ0n) is 15.5. The largest absolute Gasteiger partial charge is 0.486 e. The maximum atomic E-state index is 12.4. The van der Waals surface area contributed by atoms with E-state index >= 15 is 0 Å². The van der Waals surface area contributed by atoms with Gasteiger partial charge in [-0.2, -0.15) is 0 Å². The molecule has 0 aliphatic carbocycles. The predicted octanol–water partition coefficient (Wildman–Crippen LogP) is 1.25. The number of anilines is 1. The molecule has 0 spiro atoms. The Morgan fingerprint density at radius 1 is 1.00 bits per heavy atom. The van der Waals surface area contributed by atoms with E-state index in [1.807, 2.05) is 0 Å². The van der Waals surface area contributed by atoms with Gasteiger partial charge in [-0.3, -0.25) is 9.59 Å². The van der Waals surface area contributed by atoms with Crippen LogP contribution in [0.2, 0.25) is 0 Å². The van der Waals surface area contributed by atoms with Crippen molar-refractivity contribution in [2.24, 2.45) is 5.73 Å². The van der Waals surface area contributed by atoms with Crippen LogP contribution in [0.3, 0.4) is 0 Å². The standard InChI is InChI=1S/C19H21N3O6S/c20-19(24)13-3-5-14(6-4-13)22-18(23)2-1-9-21-29(25,26)15-7-8-16-17(12-15)28-11-10-27-16/h3-8,12,21H,1-2,9-11H2,(H2,20,24)(H,22,23). The fraction of sp³-hybridized carbons (Fsp3) is 0.263. The third-order valence-electron chi connectivity index (χ3n) is 4.15. The van der Waals surface area contributed by atoms with Crippen LogP contribution in [0.25, 0.3) is 0 Å². The highest BCUT2D eigenvalue weighted by Crippen LogP contribution is 2.32. The topological polar surface area (TPSA) is 137 Å². The van der Waals surface area contributed by atoms with Gasteiger partial charge >= 0.3 is 0 Å². The summed E-state index contributed by atoms with van der Waals surface area (Å²) in [6.45, 7) is 0.893. The summed E-state index contributed by atoms with van der Waals surface area (Å²) in [5.74, 6) is 0.0834. The van der Waals surface area contributed by atoms with Crippen LogP contribution in [-0.2, 0) is 14.8 Å². The minimum atomic E-state index is -3.72. The first-order valence-corrected chi connectivity index (χ1v) is 10.4. The molecule has 0 aromatic heterocycles. The number of ether oxygens (including phenoxy) is 2. The van der Waals surface area contributed by atoms with Gasteiger partial charge < -0.3 is 20.5 Å². The lowest BCUT2D eigenvalue weighted by Gasteiger charge is -2.18. The lowest BCUT2D eigenvalue weighted by Crippen LogP contribution is -2.26. The Morgan fingerprint density at radius 3 is 2.38 bits per heavy atom. The summed E-state index contributed by atoms with van der Waals surface area (Å²) >= 11 is 0. The summed E-state index contributed by atoms with van der Waals surface area (Å²) in [5.41, 5.74) is 6.03. The minimum Gasteiger partial charge on any atom is -0.486 e. The normalized spacial score (nSPS) is 13.0. The number of primary amides is 1. The molecule has 0 radical (unpaired) electrons. The number of hydrogen-bond acceptors (Lipinski definition) is 6. The molecule has 29 heavy (non-hydrogen) atoms. The number of hydrogen-bond donors (Lipinski definition) is 3. The molecule has 0 bridgehead atoms. The van der Waals surface area contributed by atoms with Crippen LogP contribution in [0.5, 0.6) is 11.5 Å². The zero-order chi connectivity index (χ0) is 20.9. The van der Waals surface area contributed by atoms with E-state index in [0.717, 1.165) is 0 Å². The lowest BCUT2D eigenvalue weighted by atomic mass is 10.2. The molecule has 4 N–H and O–H groups in total. The monoisotopic (exact) mass is 419 g/mol. The van der Waals surface area contributed by atoms with Crippen molar-refractivity contribution >= 4 is 27.5 Å². The van der Waals surface area contributed by atoms with Crippen molar-refractivity contribution in [3.63, 3.8) is 0 Å². The van der Waals surface area contributed by atoms with Gasteiger partial charge in [0.2, 0.25) is 21.8 Å². The molecule has 1 aliphatic rings. The molecular weight excluding hydrogens is 398 g/mol. The summed E-state index contributed by atoms with van der Waals surface area (Å²) in [6, 6.07) is 10.6. The third kappa shape index (κ3) is 5.46. The number of sulfonamides is 1. The van der Waals surface area contributed by atoms with Crippen molar-refractivity contribution in [2.75, 3.05) is 25.1 Å². The van der Waals surface area contributed by atoms with E-state index in [2.05, 4.69) is 10.0 Å². The Kier molecular flexibility index (Phi) is 6.35. The van der Waals surface area contributed by atoms with Crippen LogP contribution in [0.15, 0.2) is 47.4 Å². The molecule has 0 atom stereocenters. The van der Waals surface area contributed by atoms with E-state index in [4.69, 9.17) is 15.2 Å². The molecule has 154 valence electrons. The average molecular weight is 419 g/mol. The molecule has 1 aliphatic heterocycles. The first-order valence-electron chi connectivity index (χ1n) is 8.94. The van der Waals surface area contributed by atoms with Crippen LogP contribution in [0, 0.1) is 0 Å². The maximum absolute atomic E-state index is 12.4. The van der Waals surface area contributed by atoms with Gasteiger partial charge in [0.1, 0.15) is 13.2 Å². The lowest BCUT2D eigenvalue weighted by molar-refractivity contribution is -0.116. The Bertz CT molecular complexity index is 1010. The highest BCUT2D eigenvalue weighted by molar-refractivity contribution is 7.89. The third-order valence-corrected chi connectivity index (χ3v) is 5.61. The predicted molar refractivity (Wildman–Crippen MR) is 105 cm³/mol. The van der Waals surface area contributed by atoms with Crippen LogP contribution >= 0.6 is 0 Å². The summed E-state index contributed by atoms with van der Waals surface area (Å²) in [6.07, 6.45) is 0.441. The average Bonchev–Trinajstić information content (AvgIpc) is 2.71. The van der Waals surface area contributed by atoms with Crippen LogP contribution in [0.4, 0.5) is 5.69 Å². The number of carbonyl (C=O) groups excluding carboxylic acids is 2. The molecule has 0 unspecified atom stereocenters. The van der Waals surface area contributed by atoms with Crippen LogP contribution < -0.4 is 25.2 Å². The molecule has 0 saturated carbocycles. The van der Waals surface area contributed by atoms with Crippen molar-refractivity contribution in [2.45, 2.75) is 17.7 Å². The molecule has 0 saturated heterocycles. The van der Waals surface area contributed by atoms with Crippen LogP contribution in [0.1, 0.15) is 23.2 Å². The van der Waals surface area contributed by atoms with E-state index in [9.17, 15) is 18.0 Å². The second kappa shape index (κ2) is 8.93. The number of nitrogens with two attached hydrogens (primary N) is 1. The Hall–Kier alpha value is -3.11. The minimum absolute atomic E-state index is 0.0701. The summed E-state index contributed by atoms with van der Waals surface area (Å²) < 4.78 is 38.0. The number of carbonyl (C=O) groups is 2. The van der Waals surface area contributed by atoms with Gasteiger partial charge in [-0.15, -0.1) is 0 Å². The molecule has 9 nitrogen and oxygen atoms in total. The number of fused-ring (bicyclic) bond motifs is 1. The van der Waals surface area contributed by atoms with Gasteiger partial charge in [0, 0.05) is 30.3 Å². The van der Waals surface area contributed by atoms with Crippen molar-refractivity contribution in [3.8, 4) is 11.5 Å². The van der Waals surface area contributed by atoms with Gasteiger partial charge in [0.05, 0.1) is 4.90 Å². The second-order valence-electron chi connectivity index (χ2n) is 6.30. The highest BCUT2D eigenvalue weighted by atomic mass is 32.2. The molecule has 2 amide bonds. The molecule has 1 heterocycles. The van der Waals surface area contributed by atoms with Gasteiger partial charge in [-0.25, -0.2) is 13.1 Å². The van der Waals surface area contributed by atoms with Gasteiger partial charge in [0.25, 0.3) is 0 Å². The number of benzene rings is 2.